The first-order chi connectivity index (χ1) is 7.61. The zero-order chi connectivity index (χ0) is 11.6. The lowest BCUT2D eigenvalue weighted by Crippen LogP contribution is -2.19. The molecule has 4 heteroatoms. The highest BCUT2D eigenvalue weighted by molar-refractivity contribution is 5.24. The fourth-order valence-corrected chi connectivity index (χ4v) is 1.79. The summed E-state index contributed by atoms with van der Waals surface area (Å²) in [6, 6.07) is 7.94. The standard InChI is InChI=1S/C12H17NO3/c1-12(2)15-8-11(16-12)10-5-3-9(4-6-10)7-13-14/h3-6,11,13-14H,7-8H2,1-2H3. The molecule has 2 N–H and O–H groups in total. The second kappa shape index (κ2) is 4.51. The molecule has 0 spiro atoms. The van der Waals surface area contributed by atoms with Gasteiger partial charge in [0.2, 0.25) is 0 Å². The van der Waals surface area contributed by atoms with E-state index >= 15 is 0 Å². The molecular formula is C12H17NO3. The van der Waals surface area contributed by atoms with Crippen LogP contribution in [0.1, 0.15) is 31.1 Å². The van der Waals surface area contributed by atoms with E-state index in [9.17, 15) is 0 Å². The number of rotatable bonds is 3. The summed E-state index contributed by atoms with van der Waals surface area (Å²) in [5.41, 5.74) is 4.27. The molecule has 1 aromatic rings. The number of nitrogens with one attached hydrogen (secondary N) is 1. The quantitative estimate of drug-likeness (QED) is 0.769. The summed E-state index contributed by atoms with van der Waals surface area (Å²) >= 11 is 0. The van der Waals surface area contributed by atoms with Crippen LogP contribution in [-0.4, -0.2) is 17.6 Å². The number of ether oxygens (including phenoxy) is 2. The largest absolute Gasteiger partial charge is 0.347 e. The van der Waals surface area contributed by atoms with Gasteiger partial charge in [-0.3, -0.25) is 0 Å². The van der Waals surface area contributed by atoms with Crippen molar-refractivity contribution in [3.05, 3.63) is 35.4 Å². The van der Waals surface area contributed by atoms with Crippen LogP contribution < -0.4 is 5.48 Å². The maximum absolute atomic E-state index is 8.57. The predicted molar refractivity (Wildman–Crippen MR) is 58.9 cm³/mol. The molecule has 1 unspecified atom stereocenters. The minimum atomic E-state index is -0.490. The molecule has 1 heterocycles. The van der Waals surface area contributed by atoms with E-state index in [1.165, 1.54) is 0 Å². The molecule has 88 valence electrons. The Hall–Kier alpha value is -0.940. The Bertz CT molecular complexity index is 348. The van der Waals surface area contributed by atoms with Crippen LogP contribution in [0.5, 0.6) is 0 Å². The lowest BCUT2D eigenvalue weighted by Gasteiger charge is -2.17. The summed E-state index contributed by atoms with van der Waals surface area (Å²) in [6.07, 6.45) is 0.00568. The minimum Gasteiger partial charge on any atom is -0.347 e. The fraction of sp³-hybridized carbons (Fsp3) is 0.500. The minimum absolute atomic E-state index is 0.00568. The Labute approximate surface area is 95.1 Å². The Kier molecular flexibility index (Phi) is 3.25. The first kappa shape index (κ1) is 11.5. The van der Waals surface area contributed by atoms with Gasteiger partial charge in [0.15, 0.2) is 5.79 Å². The molecule has 0 saturated carbocycles. The normalized spacial score (nSPS) is 23.6. The van der Waals surface area contributed by atoms with Crippen LogP contribution >= 0.6 is 0 Å². The molecule has 1 aromatic carbocycles. The summed E-state index contributed by atoms with van der Waals surface area (Å²) in [5.74, 6) is -0.490. The monoisotopic (exact) mass is 223 g/mol. The van der Waals surface area contributed by atoms with Crippen LogP contribution in [0.2, 0.25) is 0 Å². The van der Waals surface area contributed by atoms with E-state index in [4.69, 9.17) is 14.7 Å². The summed E-state index contributed by atoms with van der Waals surface area (Å²) in [6.45, 7) is 4.87. The van der Waals surface area contributed by atoms with E-state index in [1.807, 2.05) is 38.1 Å². The van der Waals surface area contributed by atoms with Crippen molar-refractivity contribution >= 4 is 0 Å². The zero-order valence-electron chi connectivity index (χ0n) is 9.56. The van der Waals surface area contributed by atoms with Gasteiger partial charge in [-0.1, -0.05) is 24.3 Å². The summed E-state index contributed by atoms with van der Waals surface area (Å²) in [5, 5.41) is 8.57. The van der Waals surface area contributed by atoms with Gasteiger partial charge in [-0.05, 0) is 25.0 Å². The lowest BCUT2D eigenvalue weighted by atomic mass is 10.1. The van der Waals surface area contributed by atoms with Crippen LogP contribution in [0.15, 0.2) is 24.3 Å². The molecule has 0 aromatic heterocycles. The third kappa shape index (κ3) is 2.59. The van der Waals surface area contributed by atoms with E-state index in [0.717, 1.165) is 11.1 Å². The van der Waals surface area contributed by atoms with Crippen molar-refractivity contribution in [1.29, 1.82) is 0 Å². The third-order valence-electron chi connectivity index (χ3n) is 2.64. The maximum Gasteiger partial charge on any atom is 0.163 e. The molecule has 0 aliphatic carbocycles. The van der Waals surface area contributed by atoms with Gasteiger partial charge in [0.25, 0.3) is 0 Å². The predicted octanol–water partition coefficient (Wildman–Crippen LogP) is 1.99. The van der Waals surface area contributed by atoms with E-state index in [2.05, 4.69) is 5.48 Å². The van der Waals surface area contributed by atoms with Crippen LogP contribution in [0, 0.1) is 0 Å². The Morgan fingerprint density at radius 3 is 2.56 bits per heavy atom. The van der Waals surface area contributed by atoms with Crippen molar-refractivity contribution in [3.63, 3.8) is 0 Å². The Morgan fingerprint density at radius 2 is 2.06 bits per heavy atom. The number of hydrogen-bond donors (Lipinski definition) is 2. The highest BCUT2D eigenvalue weighted by Crippen LogP contribution is 2.32. The average Bonchev–Trinajstić information content (AvgIpc) is 2.61. The van der Waals surface area contributed by atoms with Gasteiger partial charge in [0, 0.05) is 6.54 Å². The van der Waals surface area contributed by atoms with Gasteiger partial charge in [0.05, 0.1) is 6.61 Å². The number of hydrogen-bond acceptors (Lipinski definition) is 4. The van der Waals surface area contributed by atoms with Crippen molar-refractivity contribution in [1.82, 2.24) is 5.48 Å². The second-order valence-electron chi connectivity index (χ2n) is 4.39. The van der Waals surface area contributed by atoms with Gasteiger partial charge in [0.1, 0.15) is 6.10 Å². The molecule has 1 atom stereocenters. The fourth-order valence-electron chi connectivity index (χ4n) is 1.79. The van der Waals surface area contributed by atoms with Gasteiger partial charge >= 0.3 is 0 Å². The van der Waals surface area contributed by atoms with Gasteiger partial charge in [-0.2, -0.15) is 0 Å². The molecule has 0 amide bonds. The van der Waals surface area contributed by atoms with Crippen molar-refractivity contribution in [2.75, 3.05) is 6.61 Å². The topological polar surface area (TPSA) is 50.7 Å². The Balaban J connectivity index is 2.05. The van der Waals surface area contributed by atoms with Crippen molar-refractivity contribution in [2.24, 2.45) is 0 Å². The highest BCUT2D eigenvalue weighted by atomic mass is 16.7. The molecule has 16 heavy (non-hydrogen) atoms. The zero-order valence-corrected chi connectivity index (χ0v) is 9.56. The smallest absolute Gasteiger partial charge is 0.163 e. The summed E-state index contributed by atoms with van der Waals surface area (Å²) in [7, 11) is 0. The van der Waals surface area contributed by atoms with Gasteiger partial charge in [-0.15, -0.1) is 0 Å². The molecule has 0 radical (unpaired) electrons. The van der Waals surface area contributed by atoms with Crippen molar-refractivity contribution in [2.45, 2.75) is 32.3 Å². The Morgan fingerprint density at radius 1 is 1.38 bits per heavy atom. The molecular weight excluding hydrogens is 206 g/mol. The van der Waals surface area contributed by atoms with Gasteiger partial charge in [-0.25, -0.2) is 5.48 Å². The molecule has 1 saturated heterocycles. The van der Waals surface area contributed by atoms with Crippen LogP contribution in [0.4, 0.5) is 0 Å². The SMILES string of the molecule is CC1(C)OCC(c2ccc(CNO)cc2)O1. The third-order valence-corrected chi connectivity index (χ3v) is 2.64. The van der Waals surface area contributed by atoms with E-state index in [1.54, 1.807) is 0 Å². The van der Waals surface area contributed by atoms with Crippen LogP contribution in [0.3, 0.4) is 0 Å². The molecule has 1 fully saturated rings. The van der Waals surface area contributed by atoms with Crippen LogP contribution in [0.25, 0.3) is 0 Å². The lowest BCUT2D eigenvalue weighted by molar-refractivity contribution is -0.139. The van der Waals surface area contributed by atoms with E-state index in [0.29, 0.717) is 13.2 Å². The van der Waals surface area contributed by atoms with Crippen molar-refractivity contribution in [3.8, 4) is 0 Å². The summed E-state index contributed by atoms with van der Waals surface area (Å²) < 4.78 is 11.3. The first-order valence-corrected chi connectivity index (χ1v) is 5.38. The van der Waals surface area contributed by atoms with Crippen LogP contribution in [-0.2, 0) is 16.0 Å². The van der Waals surface area contributed by atoms with E-state index in [-0.39, 0.29) is 6.10 Å². The summed E-state index contributed by atoms with van der Waals surface area (Å²) in [4.78, 5) is 0. The average molecular weight is 223 g/mol. The van der Waals surface area contributed by atoms with Gasteiger partial charge < -0.3 is 14.7 Å². The second-order valence-corrected chi connectivity index (χ2v) is 4.39. The molecule has 2 rings (SSSR count). The molecule has 1 aliphatic heterocycles. The maximum atomic E-state index is 8.57. The van der Waals surface area contributed by atoms with Crippen molar-refractivity contribution < 1.29 is 14.7 Å². The number of benzene rings is 1. The first-order valence-electron chi connectivity index (χ1n) is 5.38. The highest BCUT2D eigenvalue weighted by Gasteiger charge is 2.33. The van der Waals surface area contributed by atoms with E-state index < -0.39 is 5.79 Å². The molecule has 4 nitrogen and oxygen atoms in total. The number of hydroxylamine groups is 1. The molecule has 1 aliphatic rings. The molecule has 0 bridgehead atoms.